The number of imide groups is 1. The molecule has 134 valence electrons. The molecule has 0 N–H and O–H groups in total. The molecule has 0 radical (unpaired) electrons. The highest BCUT2D eigenvalue weighted by Gasteiger charge is 2.36. The van der Waals surface area contributed by atoms with Crippen molar-refractivity contribution in [3.63, 3.8) is 0 Å². The summed E-state index contributed by atoms with van der Waals surface area (Å²) in [6.07, 6.45) is 6.77. The Morgan fingerprint density at radius 2 is 1.71 bits per heavy atom. The largest absolute Gasteiger partial charge is 0.339 e. The van der Waals surface area contributed by atoms with Crippen LogP contribution in [0.15, 0.2) is 0 Å². The van der Waals surface area contributed by atoms with Crippen molar-refractivity contribution in [2.75, 3.05) is 52.9 Å². The van der Waals surface area contributed by atoms with Gasteiger partial charge in [-0.2, -0.15) is 0 Å². The van der Waals surface area contributed by atoms with Crippen LogP contribution in [-0.2, 0) is 9.59 Å². The lowest BCUT2D eigenvalue weighted by Crippen LogP contribution is -2.52. The lowest BCUT2D eigenvalue weighted by Gasteiger charge is -2.37. The summed E-state index contributed by atoms with van der Waals surface area (Å²) in [6, 6.07) is -0.371. The molecule has 7 heteroatoms. The molecule has 2 saturated heterocycles. The van der Waals surface area contributed by atoms with Crippen LogP contribution in [-0.4, -0.2) is 90.3 Å². The van der Waals surface area contributed by atoms with E-state index in [1.165, 1.54) is 37.0 Å². The molecule has 0 aromatic carbocycles. The highest BCUT2D eigenvalue weighted by Crippen LogP contribution is 2.24. The number of nitrogens with zero attached hydrogens (tertiary/aromatic N) is 4. The number of carbonyl (C=O) groups is 3. The van der Waals surface area contributed by atoms with E-state index in [1.807, 2.05) is 0 Å². The molecule has 2 heterocycles. The van der Waals surface area contributed by atoms with Crippen molar-refractivity contribution in [1.82, 2.24) is 19.6 Å². The normalized spacial score (nSPS) is 24.1. The predicted octanol–water partition coefficient (Wildman–Crippen LogP) is 0.605. The zero-order chi connectivity index (χ0) is 17.1. The van der Waals surface area contributed by atoms with Crippen LogP contribution in [0.4, 0.5) is 4.79 Å². The Kier molecular flexibility index (Phi) is 5.38. The molecule has 3 rings (SSSR count). The minimum atomic E-state index is -0.371. The van der Waals surface area contributed by atoms with Crippen molar-refractivity contribution in [3.8, 4) is 0 Å². The summed E-state index contributed by atoms with van der Waals surface area (Å²) >= 11 is 0. The summed E-state index contributed by atoms with van der Waals surface area (Å²) in [5.41, 5.74) is 0. The van der Waals surface area contributed by atoms with Gasteiger partial charge in [0, 0.05) is 39.8 Å². The first-order valence-corrected chi connectivity index (χ1v) is 9.10. The standard InChI is InChI=1S/C17H28N4O3/c1-18-12-16(23)21(17(18)24)13-15(22)20-9-7-19(8-10-20)11-14-5-3-2-4-6-14/h14H,2-13H2,1H3. The van der Waals surface area contributed by atoms with Crippen molar-refractivity contribution in [1.29, 1.82) is 0 Å². The topological polar surface area (TPSA) is 64.2 Å². The number of carbonyl (C=O) groups excluding carboxylic acids is 3. The van der Waals surface area contributed by atoms with Gasteiger partial charge < -0.3 is 9.80 Å². The van der Waals surface area contributed by atoms with E-state index in [-0.39, 0.29) is 30.9 Å². The summed E-state index contributed by atoms with van der Waals surface area (Å²) in [4.78, 5) is 42.7. The van der Waals surface area contributed by atoms with Gasteiger partial charge >= 0.3 is 6.03 Å². The third-order valence-electron chi connectivity index (χ3n) is 5.49. The number of hydrogen-bond donors (Lipinski definition) is 0. The molecular formula is C17H28N4O3. The van der Waals surface area contributed by atoms with Crippen LogP contribution in [0.25, 0.3) is 0 Å². The fourth-order valence-electron chi connectivity index (χ4n) is 3.97. The van der Waals surface area contributed by atoms with Crippen LogP contribution in [0.2, 0.25) is 0 Å². The molecule has 0 unspecified atom stereocenters. The molecule has 24 heavy (non-hydrogen) atoms. The average Bonchev–Trinajstić information content (AvgIpc) is 2.83. The van der Waals surface area contributed by atoms with Gasteiger partial charge in [0.25, 0.3) is 5.91 Å². The zero-order valence-electron chi connectivity index (χ0n) is 14.6. The first kappa shape index (κ1) is 17.2. The molecule has 3 fully saturated rings. The van der Waals surface area contributed by atoms with Crippen molar-refractivity contribution in [3.05, 3.63) is 0 Å². The molecule has 1 aliphatic carbocycles. The first-order chi connectivity index (χ1) is 11.5. The van der Waals surface area contributed by atoms with E-state index in [9.17, 15) is 14.4 Å². The van der Waals surface area contributed by atoms with Crippen LogP contribution in [0.1, 0.15) is 32.1 Å². The van der Waals surface area contributed by atoms with Crippen molar-refractivity contribution >= 4 is 17.8 Å². The first-order valence-electron chi connectivity index (χ1n) is 9.10. The summed E-state index contributed by atoms with van der Waals surface area (Å²) in [7, 11) is 1.58. The van der Waals surface area contributed by atoms with Gasteiger partial charge in [0.2, 0.25) is 5.91 Å². The number of hydrogen-bond acceptors (Lipinski definition) is 4. The van der Waals surface area contributed by atoms with Gasteiger partial charge in [0.05, 0.1) is 0 Å². The maximum Gasteiger partial charge on any atom is 0.327 e. The minimum Gasteiger partial charge on any atom is -0.339 e. The predicted molar refractivity (Wildman–Crippen MR) is 89.3 cm³/mol. The Hall–Kier alpha value is -1.63. The lowest BCUT2D eigenvalue weighted by molar-refractivity contribution is -0.137. The molecule has 0 bridgehead atoms. The van der Waals surface area contributed by atoms with E-state index in [4.69, 9.17) is 0 Å². The Labute approximate surface area is 143 Å². The van der Waals surface area contributed by atoms with E-state index in [1.54, 1.807) is 11.9 Å². The van der Waals surface area contributed by atoms with Crippen molar-refractivity contribution in [2.24, 2.45) is 5.92 Å². The van der Waals surface area contributed by atoms with Gasteiger partial charge in [-0.25, -0.2) is 4.79 Å². The van der Waals surface area contributed by atoms with Crippen LogP contribution in [0.3, 0.4) is 0 Å². The average molecular weight is 336 g/mol. The molecule has 0 atom stereocenters. The Morgan fingerprint density at radius 1 is 1.04 bits per heavy atom. The van der Waals surface area contributed by atoms with Gasteiger partial charge in [0.1, 0.15) is 13.1 Å². The smallest absolute Gasteiger partial charge is 0.327 e. The van der Waals surface area contributed by atoms with Gasteiger partial charge in [-0.1, -0.05) is 19.3 Å². The van der Waals surface area contributed by atoms with Crippen LogP contribution in [0, 0.1) is 5.92 Å². The highest BCUT2D eigenvalue weighted by atomic mass is 16.2. The van der Waals surface area contributed by atoms with Gasteiger partial charge in [-0.15, -0.1) is 0 Å². The molecule has 1 saturated carbocycles. The summed E-state index contributed by atoms with van der Waals surface area (Å²) in [6.45, 7) is 4.27. The second kappa shape index (κ2) is 7.51. The molecule has 3 aliphatic rings. The summed E-state index contributed by atoms with van der Waals surface area (Å²) in [5, 5.41) is 0. The third kappa shape index (κ3) is 3.88. The third-order valence-corrected chi connectivity index (χ3v) is 5.49. The quantitative estimate of drug-likeness (QED) is 0.706. The fraction of sp³-hybridized carbons (Fsp3) is 0.824. The van der Waals surface area contributed by atoms with E-state index in [0.717, 1.165) is 30.5 Å². The number of rotatable bonds is 4. The Bertz CT molecular complexity index is 496. The number of likely N-dealkylation sites (N-methyl/N-ethyl adjacent to an activating group) is 1. The molecular weight excluding hydrogens is 308 g/mol. The monoisotopic (exact) mass is 336 g/mol. The van der Waals surface area contributed by atoms with Crippen LogP contribution in [0.5, 0.6) is 0 Å². The molecule has 0 spiro atoms. The Balaban J connectivity index is 1.43. The second-order valence-electron chi connectivity index (χ2n) is 7.30. The summed E-state index contributed by atoms with van der Waals surface area (Å²) in [5.74, 6) is 0.410. The molecule has 0 aromatic heterocycles. The maximum atomic E-state index is 12.4. The van der Waals surface area contributed by atoms with Crippen LogP contribution >= 0.6 is 0 Å². The number of urea groups is 1. The number of piperazine rings is 1. The molecule has 7 nitrogen and oxygen atoms in total. The van der Waals surface area contributed by atoms with E-state index >= 15 is 0 Å². The highest BCUT2D eigenvalue weighted by molar-refractivity contribution is 6.04. The SMILES string of the molecule is CN1CC(=O)N(CC(=O)N2CCN(CC3CCCCC3)CC2)C1=O. The minimum absolute atomic E-state index is 0.0707. The Morgan fingerprint density at radius 3 is 2.29 bits per heavy atom. The van der Waals surface area contributed by atoms with Crippen molar-refractivity contribution in [2.45, 2.75) is 32.1 Å². The lowest BCUT2D eigenvalue weighted by atomic mass is 9.89. The molecule has 4 amide bonds. The number of amides is 4. The summed E-state index contributed by atoms with van der Waals surface area (Å²) < 4.78 is 0. The van der Waals surface area contributed by atoms with E-state index < -0.39 is 0 Å². The van der Waals surface area contributed by atoms with Gasteiger partial charge in [-0.3, -0.25) is 19.4 Å². The van der Waals surface area contributed by atoms with Gasteiger partial charge in [0.15, 0.2) is 0 Å². The molecule has 0 aromatic rings. The molecule has 2 aliphatic heterocycles. The second-order valence-corrected chi connectivity index (χ2v) is 7.30. The fourth-order valence-corrected chi connectivity index (χ4v) is 3.97. The zero-order valence-corrected chi connectivity index (χ0v) is 14.6. The maximum absolute atomic E-state index is 12.4. The van der Waals surface area contributed by atoms with Crippen LogP contribution < -0.4 is 0 Å². The van der Waals surface area contributed by atoms with Gasteiger partial charge in [-0.05, 0) is 18.8 Å². The van der Waals surface area contributed by atoms with E-state index in [0.29, 0.717) is 13.1 Å². The van der Waals surface area contributed by atoms with E-state index in [2.05, 4.69) is 4.90 Å². The van der Waals surface area contributed by atoms with Crippen molar-refractivity contribution < 1.29 is 14.4 Å².